The Labute approximate surface area is 146 Å². The summed E-state index contributed by atoms with van der Waals surface area (Å²) in [4.78, 5) is 12.2. The van der Waals surface area contributed by atoms with Crippen molar-refractivity contribution in [2.24, 2.45) is 5.92 Å². The summed E-state index contributed by atoms with van der Waals surface area (Å²) in [5.74, 6) is -0.0575. The molecule has 0 radical (unpaired) electrons. The molecule has 1 aromatic heterocycles. The fourth-order valence-corrected chi connectivity index (χ4v) is 5.89. The first-order valence-electron chi connectivity index (χ1n) is 8.72. The smallest absolute Gasteiger partial charge is 0.272 e. The zero-order chi connectivity index (χ0) is 17.0. The molecule has 2 heterocycles. The molecule has 9 heteroatoms. The van der Waals surface area contributed by atoms with Crippen LogP contribution in [0.1, 0.15) is 57.8 Å². The van der Waals surface area contributed by atoms with Crippen LogP contribution in [0.5, 0.6) is 0 Å². The summed E-state index contributed by atoms with van der Waals surface area (Å²) in [6.07, 6.45) is 8.99. The van der Waals surface area contributed by atoms with Crippen molar-refractivity contribution in [2.45, 2.75) is 62.1 Å². The average Bonchev–Trinajstić information content (AvgIpc) is 2.89. The Kier molecular flexibility index (Phi) is 5.83. The molecule has 0 atom stereocenters. The van der Waals surface area contributed by atoms with Crippen LogP contribution in [-0.4, -0.2) is 41.9 Å². The van der Waals surface area contributed by atoms with E-state index in [1.807, 2.05) is 0 Å². The van der Waals surface area contributed by atoms with Crippen molar-refractivity contribution in [1.29, 1.82) is 0 Å². The monoisotopic (exact) mass is 372 g/mol. The van der Waals surface area contributed by atoms with E-state index in [2.05, 4.69) is 15.5 Å². The Morgan fingerprint density at radius 1 is 1.00 bits per heavy atom. The highest BCUT2D eigenvalue weighted by molar-refractivity contribution is 7.91. The van der Waals surface area contributed by atoms with Crippen LogP contribution in [0.4, 0.5) is 5.13 Å². The number of hydrogen-bond acceptors (Lipinski definition) is 6. The van der Waals surface area contributed by atoms with Gasteiger partial charge >= 0.3 is 0 Å². The van der Waals surface area contributed by atoms with Gasteiger partial charge in [0, 0.05) is 19.0 Å². The molecule has 1 saturated carbocycles. The SMILES string of the molecule is O=C(Nc1nnc(S(=O)(=O)N2CCCCCC2)s1)C1CCCCC1. The summed E-state index contributed by atoms with van der Waals surface area (Å²) < 4.78 is 26.8. The Hall–Kier alpha value is -1.06. The maximum atomic E-state index is 12.7. The molecule has 1 saturated heterocycles. The molecule has 1 amide bonds. The maximum absolute atomic E-state index is 12.7. The van der Waals surface area contributed by atoms with Crippen LogP contribution in [0.15, 0.2) is 4.34 Å². The molecule has 1 N–H and O–H groups in total. The summed E-state index contributed by atoms with van der Waals surface area (Å²) in [5, 5.41) is 10.7. The highest BCUT2D eigenvalue weighted by Gasteiger charge is 2.30. The molecule has 1 aromatic rings. The largest absolute Gasteiger partial charge is 0.300 e. The van der Waals surface area contributed by atoms with E-state index in [0.717, 1.165) is 62.7 Å². The van der Waals surface area contributed by atoms with Gasteiger partial charge in [-0.3, -0.25) is 4.79 Å². The lowest BCUT2D eigenvalue weighted by Gasteiger charge is -2.19. The predicted octanol–water partition coefficient (Wildman–Crippen LogP) is 2.62. The van der Waals surface area contributed by atoms with Crippen molar-refractivity contribution >= 4 is 32.4 Å². The molecule has 1 aliphatic heterocycles. The second-order valence-corrected chi connectivity index (χ2v) is 9.60. The summed E-state index contributed by atoms with van der Waals surface area (Å²) in [6, 6.07) is 0. The highest BCUT2D eigenvalue weighted by atomic mass is 32.2. The minimum Gasteiger partial charge on any atom is -0.300 e. The fourth-order valence-electron chi connectivity index (χ4n) is 3.33. The van der Waals surface area contributed by atoms with Crippen molar-refractivity contribution in [3.63, 3.8) is 0 Å². The molecule has 2 aliphatic rings. The van der Waals surface area contributed by atoms with Crippen molar-refractivity contribution in [1.82, 2.24) is 14.5 Å². The van der Waals surface area contributed by atoms with Gasteiger partial charge in [0.2, 0.25) is 15.4 Å². The molecule has 24 heavy (non-hydrogen) atoms. The van der Waals surface area contributed by atoms with Gasteiger partial charge < -0.3 is 5.32 Å². The van der Waals surface area contributed by atoms with Crippen LogP contribution in [0.25, 0.3) is 0 Å². The zero-order valence-electron chi connectivity index (χ0n) is 13.7. The van der Waals surface area contributed by atoms with Crippen molar-refractivity contribution in [3.8, 4) is 0 Å². The van der Waals surface area contributed by atoms with E-state index >= 15 is 0 Å². The number of carbonyl (C=O) groups is 1. The van der Waals surface area contributed by atoms with E-state index < -0.39 is 10.0 Å². The first-order chi connectivity index (χ1) is 11.6. The van der Waals surface area contributed by atoms with Crippen LogP contribution >= 0.6 is 11.3 Å². The number of aromatic nitrogens is 2. The fraction of sp³-hybridized carbons (Fsp3) is 0.800. The number of hydrogen-bond donors (Lipinski definition) is 1. The van der Waals surface area contributed by atoms with Crippen LogP contribution in [-0.2, 0) is 14.8 Å². The van der Waals surface area contributed by atoms with Gasteiger partial charge in [0.05, 0.1) is 0 Å². The van der Waals surface area contributed by atoms with Crippen molar-refractivity contribution in [3.05, 3.63) is 0 Å². The van der Waals surface area contributed by atoms with Crippen molar-refractivity contribution in [2.75, 3.05) is 18.4 Å². The van der Waals surface area contributed by atoms with E-state index in [4.69, 9.17) is 0 Å². The van der Waals surface area contributed by atoms with Gasteiger partial charge in [-0.25, -0.2) is 8.42 Å². The first-order valence-corrected chi connectivity index (χ1v) is 11.0. The Balaban J connectivity index is 1.66. The van der Waals surface area contributed by atoms with Gasteiger partial charge in [0.1, 0.15) is 0 Å². The van der Waals surface area contributed by atoms with Gasteiger partial charge in [-0.15, -0.1) is 10.2 Å². The molecule has 0 spiro atoms. The van der Waals surface area contributed by atoms with E-state index in [1.54, 1.807) is 0 Å². The third-order valence-corrected chi connectivity index (χ3v) is 7.82. The Morgan fingerprint density at radius 2 is 1.62 bits per heavy atom. The lowest BCUT2D eigenvalue weighted by atomic mass is 9.89. The minimum atomic E-state index is -3.60. The normalized spacial score (nSPS) is 21.3. The molecule has 0 unspecified atom stereocenters. The topological polar surface area (TPSA) is 92.3 Å². The molecule has 7 nitrogen and oxygen atoms in total. The number of rotatable bonds is 4. The van der Waals surface area contributed by atoms with Gasteiger partial charge in [0.15, 0.2) is 0 Å². The van der Waals surface area contributed by atoms with Gasteiger partial charge in [-0.1, -0.05) is 43.4 Å². The number of nitrogens with one attached hydrogen (secondary N) is 1. The molecular weight excluding hydrogens is 348 g/mol. The lowest BCUT2D eigenvalue weighted by Crippen LogP contribution is -2.31. The quantitative estimate of drug-likeness (QED) is 0.820. The number of sulfonamides is 1. The predicted molar refractivity (Wildman–Crippen MR) is 92.3 cm³/mol. The van der Waals surface area contributed by atoms with Crippen LogP contribution in [0, 0.1) is 5.92 Å². The summed E-state index contributed by atoms with van der Waals surface area (Å²) in [5.41, 5.74) is 0. The number of carbonyl (C=O) groups excluding carboxylic acids is 1. The standard InChI is InChI=1S/C15H24N4O3S2/c20-13(12-8-4-3-5-9-12)16-14-17-18-15(23-14)24(21,22)19-10-6-1-2-7-11-19/h12H,1-11H2,(H,16,17,20). The van der Waals surface area contributed by atoms with E-state index in [-0.39, 0.29) is 21.3 Å². The molecule has 1 aliphatic carbocycles. The summed E-state index contributed by atoms with van der Waals surface area (Å²) >= 11 is 0.949. The number of anilines is 1. The zero-order valence-corrected chi connectivity index (χ0v) is 15.4. The minimum absolute atomic E-state index is 0.00770. The van der Waals surface area contributed by atoms with E-state index in [1.165, 1.54) is 10.7 Å². The second kappa shape index (κ2) is 7.88. The number of nitrogens with zero attached hydrogens (tertiary/aromatic N) is 3. The molecular formula is C15H24N4O3S2. The van der Waals surface area contributed by atoms with Gasteiger partial charge in [-0.05, 0) is 25.7 Å². The van der Waals surface area contributed by atoms with Gasteiger partial charge in [-0.2, -0.15) is 4.31 Å². The third-order valence-electron chi connectivity index (χ3n) is 4.74. The summed E-state index contributed by atoms with van der Waals surface area (Å²) in [7, 11) is -3.60. The third kappa shape index (κ3) is 4.12. The number of amides is 1. The highest BCUT2D eigenvalue weighted by Crippen LogP contribution is 2.28. The molecule has 3 rings (SSSR count). The Bertz CT molecular complexity index is 660. The van der Waals surface area contributed by atoms with Gasteiger partial charge in [0.25, 0.3) is 10.0 Å². The van der Waals surface area contributed by atoms with E-state index in [9.17, 15) is 13.2 Å². The van der Waals surface area contributed by atoms with E-state index in [0.29, 0.717) is 13.1 Å². The van der Waals surface area contributed by atoms with Crippen molar-refractivity contribution < 1.29 is 13.2 Å². The molecule has 0 aromatic carbocycles. The molecule has 2 fully saturated rings. The average molecular weight is 373 g/mol. The van der Waals surface area contributed by atoms with Crippen LogP contribution < -0.4 is 5.32 Å². The van der Waals surface area contributed by atoms with Crippen LogP contribution in [0.3, 0.4) is 0 Å². The first kappa shape index (κ1) is 17.8. The second-order valence-electron chi connectivity index (χ2n) is 6.52. The summed E-state index contributed by atoms with van der Waals surface area (Å²) in [6.45, 7) is 1.07. The lowest BCUT2D eigenvalue weighted by molar-refractivity contribution is -0.120. The Morgan fingerprint density at radius 3 is 2.29 bits per heavy atom. The maximum Gasteiger partial charge on any atom is 0.272 e. The van der Waals surface area contributed by atoms with Crippen LogP contribution in [0.2, 0.25) is 0 Å². The molecule has 134 valence electrons. The molecule has 0 bridgehead atoms.